The number of carbonyl (C=O) groups is 1. The van der Waals surface area contributed by atoms with Crippen molar-refractivity contribution in [3.8, 4) is 10.6 Å². The minimum Gasteiger partial charge on any atom is -0.355 e. The first-order valence-corrected chi connectivity index (χ1v) is 7.41. The van der Waals surface area contributed by atoms with Gasteiger partial charge >= 0.3 is 0 Å². The molecule has 0 fully saturated rings. The van der Waals surface area contributed by atoms with Crippen LogP contribution in [0.5, 0.6) is 0 Å². The van der Waals surface area contributed by atoms with Crippen LogP contribution >= 0.6 is 11.3 Å². The molecule has 0 aromatic carbocycles. The number of aromatic nitrogens is 3. The van der Waals surface area contributed by atoms with Crippen molar-refractivity contribution in [2.45, 2.75) is 6.54 Å². The van der Waals surface area contributed by atoms with Gasteiger partial charge in [-0.05, 0) is 11.4 Å². The lowest BCUT2D eigenvalue weighted by Crippen LogP contribution is -2.30. The van der Waals surface area contributed by atoms with Gasteiger partial charge in [-0.15, -0.1) is 11.3 Å². The van der Waals surface area contributed by atoms with Crippen LogP contribution in [0.2, 0.25) is 0 Å². The number of rotatable bonds is 5. The molecule has 8 heteroatoms. The van der Waals surface area contributed by atoms with Gasteiger partial charge in [0.15, 0.2) is 11.5 Å². The van der Waals surface area contributed by atoms with Gasteiger partial charge in [0.1, 0.15) is 0 Å². The molecule has 0 unspecified atom stereocenters. The molecule has 0 radical (unpaired) electrons. The molecule has 0 aliphatic heterocycles. The van der Waals surface area contributed by atoms with E-state index < -0.39 is 0 Å². The van der Waals surface area contributed by atoms with E-state index in [1.54, 1.807) is 6.07 Å². The van der Waals surface area contributed by atoms with Gasteiger partial charge in [0.2, 0.25) is 0 Å². The third kappa shape index (κ3) is 3.12. The van der Waals surface area contributed by atoms with Crippen molar-refractivity contribution in [1.82, 2.24) is 20.0 Å². The van der Waals surface area contributed by atoms with E-state index in [0.717, 1.165) is 4.88 Å². The Kier molecular flexibility index (Phi) is 4.10. The molecule has 3 aromatic heterocycles. The van der Waals surface area contributed by atoms with E-state index in [1.807, 2.05) is 17.5 Å². The summed E-state index contributed by atoms with van der Waals surface area (Å²) in [5.74, 6) is 0.215. The van der Waals surface area contributed by atoms with Crippen LogP contribution in [0, 0.1) is 0 Å². The second-order valence-corrected chi connectivity index (χ2v) is 5.37. The zero-order valence-corrected chi connectivity index (χ0v) is 12.2. The summed E-state index contributed by atoms with van der Waals surface area (Å²) in [6.45, 7) is 0.639. The standard InChI is InChI=1S/C14H12N4O3S/c19-13-3-4-15-9-18(13)6-5-16-14(20)10-8-11(21-17-10)12-2-1-7-22-12/h1-4,7-9H,5-6H2,(H,16,20). The molecule has 0 saturated heterocycles. The zero-order chi connectivity index (χ0) is 15.4. The van der Waals surface area contributed by atoms with Crippen LogP contribution in [0.1, 0.15) is 10.5 Å². The summed E-state index contributed by atoms with van der Waals surface area (Å²) in [4.78, 5) is 28.2. The van der Waals surface area contributed by atoms with E-state index in [9.17, 15) is 9.59 Å². The van der Waals surface area contributed by atoms with Crippen LogP contribution < -0.4 is 10.9 Å². The van der Waals surface area contributed by atoms with Crippen molar-refractivity contribution < 1.29 is 9.32 Å². The largest absolute Gasteiger partial charge is 0.355 e. The van der Waals surface area contributed by atoms with Gasteiger partial charge in [0.05, 0.1) is 11.2 Å². The maximum absolute atomic E-state index is 12.0. The summed E-state index contributed by atoms with van der Waals surface area (Å²) in [6, 6.07) is 6.75. The zero-order valence-electron chi connectivity index (χ0n) is 11.4. The molecule has 3 aromatic rings. The summed E-state index contributed by atoms with van der Waals surface area (Å²) in [7, 11) is 0. The highest BCUT2D eigenvalue weighted by atomic mass is 32.1. The highest BCUT2D eigenvalue weighted by Crippen LogP contribution is 2.24. The minimum atomic E-state index is -0.344. The fraction of sp³-hybridized carbons (Fsp3) is 0.143. The van der Waals surface area contributed by atoms with Crippen LogP contribution in [-0.4, -0.2) is 27.2 Å². The number of amides is 1. The number of thiophene rings is 1. The first kappa shape index (κ1) is 14.2. The molecular weight excluding hydrogens is 304 g/mol. The maximum Gasteiger partial charge on any atom is 0.273 e. The monoisotopic (exact) mass is 316 g/mol. The van der Waals surface area contributed by atoms with Gasteiger partial charge in [0.25, 0.3) is 11.5 Å². The summed E-state index contributed by atoms with van der Waals surface area (Å²) in [5, 5.41) is 8.36. The molecule has 7 nitrogen and oxygen atoms in total. The lowest BCUT2D eigenvalue weighted by atomic mass is 10.3. The maximum atomic E-state index is 12.0. The quantitative estimate of drug-likeness (QED) is 0.768. The predicted octanol–water partition coefficient (Wildman–Crippen LogP) is 1.39. The smallest absolute Gasteiger partial charge is 0.273 e. The van der Waals surface area contributed by atoms with Gasteiger partial charge < -0.3 is 9.84 Å². The van der Waals surface area contributed by atoms with Crippen molar-refractivity contribution in [2.75, 3.05) is 6.54 Å². The van der Waals surface area contributed by atoms with Gasteiger partial charge in [0, 0.05) is 31.4 Å². The molecule has 22 heavy (non-hydrogen) atoms. The number of hydrogen-bond acceptors (Lipinski definition) is 6. The lowest BCUT2D eigenvalue weighted by Gasteiger charge is -2.04. The SMILES string of the molecule is O=C(NCCn1cnccc1=O)c1cc(-c2cccs2)on1. The van der Waals surface area contributed by atoms with Crippen LogP contribution in [0.4, 0.5) is 0 Å². The number of nitrogens with zero attached hydrogens (tertiary/aromatic N) is 3. The van der Waals surface area contributed by atoms with E-state index in [-0.39, 0.29) is 17.2 Å². The highest BCUT2D eigenvalue weighted by molar-refractivity contribution is 7.13. The molecule has 0 saturated carbocycles. The average molecular weight is 316 g/mol. The van der Waals surface area contributed by atoms with Gasteiger partial charge in [-0.2, -0.15) is 0 Å². The normalized spacial score (nSPS) is 10.5. The average Bonchev–Trinajstić information content (AvgIpc) is 3.20. The lowest BCUT2D eigenvalue weighted by molar-refractivity contribution is 0.0943. The van der Waals surface area contributed by atoms with Crippen LogP contribution in [0.25, 0.3) is 10.6 Å². The Morgan fingerprint density at radius 1 is 1.41 bits per heavy atom. The molecule has 0 bridgehead atoms. The third-order valence-electron chi connectivity index (χ3n) is 2.94. The second-order valence-electron chi connectivity index (χ2n) is 4.42. The molecule has 0 spiro atoms. The molecular formula is C14H12N4O3S. The van der Waals surface area contributed by atoms with E-state index in [0.29, 0.717) is 18.8 Å². The van der Waals surface area contributed by atoms with Gasteiger partial charge in [-0.3, -0.25) is 14.2 Å². The molecule has 1 amide bonds. The minimum absolute atomic E-state index is 0.161. The predicted molar refractivity (Wildman–Crippen MR) is 80.6 cm³/mol. The van der Waals surface area contributed by atoms with Crippen LogP contribution in [0.3, 0.4) is 0 Å². The summed E-state index contributed by atoms with van der Waals surface area (Å²) in [6.07, 6.45) is 2.86. The van der Waals surface area contributed by atoms with E-state index in [1.165, 1.54) is 34.5 Å². The highest BCUT2D eigenvalue weighted by Gasteiger charge is 2.13. The molecule has 0 aliphatic rings. The van der Waals surface area contributed by atoms with Gasteiger partial charge in [-0.1, -0.05) is 11.2 Å². The van der Waals surface area contributed by atoms with E-state index in [2.05, 4.69) is 15.5 Å². The van der Waals surface area contributed by atoms with Crippen LogP contribution in [0.15, 0.2) is 51.5 Å². The van der Waals surface area contributed by atoms with Crippen molar-refractivity contribution >= 4 is 17.2 Å². The Morgan fingerprint density at radius 2 is 2.32 bits per heavy atom. The molecule has 1 N–H and O–H groups in total. The molecule has 0 atom stereocenters. The first-order chi connectivity index (χ1) is 10.7. The Hall–Kier alpha value is -2.74. The Morgan fingerprint density at radius 3 is 3.09 bits per heavy atom. The molecule has 112 valence electrons. The molecule has 0 aliphatic carbocycles. The summed E-state index contributed by atoms with van der Waals surface area (Å²) < 4.78 is 6.57. The molecule has 3 heterocycles. The van der Waals surface area contributed by atoms with Crippen molar-refractivity contribution in [3.05, 3.63) is 58.2 Å². The number of carbonyl (C=O) groups excluding carboxylic acids is 1. The third-order valence-corrected chi connectivity index (χ3v) is 3.82. The van der Waals surface area contributed by atoms with E-state index in [4.69, 9.17) is 4.52 Å². The van der Waals surface area contributed by atoms with Crippen molar-refractivity contribution in [2.24, 2.45) is 0 Å². The first-order valence-electron chi connectivity index (χ1n) is 6.53. The second kappa shape index (κ2) is 6.35. The molecule has 3 rings (SSSR count). The van der Waals surface area contributed by atoms with Crippen molar-refractivity contribution in [1.29, 1.82) is 0 Å². The topological polar surface area (TPSA) is 90.0 Å². The summed E-state index contributed by atoms with van der Waals surface area (Å²) >= 11 is 1.51. The Balaban J connectivity index is 1.59. The van der Waals surface area contributed by atoms with Crippen LogP contribution in [-0.2, 0) is 6.54 Å². The van der Waals surface area contributed by atoms with Gasteiger partial charge in [-0.25, -0.2) is 4.98 Å². The Bertz CT molecular complexity index is 822. The number of nitrogens with one attached hydrogen (secondary N) is 1. The van der Waals surface area contributed by atoms with E-state index >= 15 is 0 Å². The fourth-order valence-electron chi connectivity index (χ4n) is 1.84. The van der Waals surface area contributed by atoms with Crippen molar-refractivity contribution in [3.63, 3.8) is 0 Å². The Labute approximate surface area is 129 Å². The number of hydrogen-bond donors (Lipinski definition) is 1. The summed E-state index contributed by atoms with van der Waals surface area (Å²) in [5.41, 5.74) is 0.0487. The fourth-order valence-corrected chi connectivity index (χ4v) is 2.52.